The molecule has 1 aromatic carbocycles. The molecular weight excluding hydrogens is 312 g/mol. The molecule has 3 atom stereocenters. The minimum Gasteiger partial charge on any atom is -0.494 e. The number of benzene rings is 1. The van der Waals surface area contributed by atoms with Gasteiger partial charge in [-0.05, 0) is 24.6 Å². The number of carbonyl (C=O) groups excluding carboxylic acids is 2. The summed E-state index contributed by atoms with van der Waals surface area (Å²) in [5, 5.41) is 14.2. The lowest BCUT2D eigenvalue weighted by Crippen LogP contribution is -2.62. The maximum Gasteiger partial charge on any atom is 0.324 e. The molecule has 2 aliphatic rings. The first-order valence-corrected chi connectivity index (χ1v) is 7.45. The number of ether oxygens (including phenoxy) is 2. The summed E-state index contributed by atoms with van der Waals surface area (Å²) < 4.78 is 10.8. The molecule has 124 valence electrons. The number of nitrogens with two attached hydrogens (primary N) is 1. The summed E-state index contributed by atoms with van der Waals surface area (Å²) in [6.45, 7) is 2.41. The first-order valence-electron chi connectivity index (χ1n) is 7.45. The Morgan fingerprint density at radius 2 is 2.04 bits per heavy atom. The fourth-order valence-electron chi connectivity index (χ4n) is 2.99. The van der Waals surface area contributed by atoms with Crippen molar-refractivity contribution >= 4 is 11.9 Å². The van der Waals surface area contributed by atoms with Crippen LogP contribution in [0.15, 0.2) is 35.7 Å². The predicted octanol–water partition coefficient (Wildman–Crippen LogP) is 0.675. The summed E-state index contributed by atoms with van der Waals surface area (Å²) in [6, 6.07) is 8.42. The topological polar surface area (TPSA) is 126 Å². The number of imide groups is 1. The van der Waals surface area contributed by atoms with E-state index in [0.29, 0.717) is 17.9 Å². The molecule has 0 bridgehead atoms. The second kappa shape index (κ2) is 6.12. The first kappa shape index (κ1) is 15.7. The lowest BCUT2D eigenvalue weighted by atomic mass is 9.77. The molecule has 0 saturated carbocycles. The van der Waals surface area contributed by atoms with E-state index < -0.39 is 30.0 Å². The van der Waals surface area contributed by atoms with Gasteiger partial charge in [-0.3, -0.25) is 10.1 Å². The fourth-order valence-corrected chi connectivity index (χ4v) is 2.99. The summed E-state index contributed by atoms with van der Waals surface area (Å²) in [6.07, 6.45) is -0.917. The van der Waals surface area contributed by atoms with Crippen LogP contribution in [0.25, 0.3) is 0 Å². The van der Waals surface area contributed by atoms with Gasteiger partial charge >= 0.3 is 6.03 Å². The van der Waals surface area contributed by atoms with Crippen molar-refractivity contribution in [3.05, 3.63) is 41.3 Å². The van der Waals surface area contributed by atoms with Gasteiger partial charge in [-0.1, -0.05) is 12.1 Å². The first-order chi connectivity index (χ1) is 11.5. The summed E-state index contributed by atoms with van der Waals surface area (Å²) in [7, 11) is 0. The molecule has 0 aliphatic carbocycles. The number of rotatable bonds is 3. The molecule has 2 heterocycles. The number of amides is 3. The second-order valence-corrected chi connectivity index (χ2v) is 5.40. The summed E-state index contributed by atoms with van der Waals surface area (Å²) in [5.74, 6) is -1.33. The van der Waals surface area contributed by atoms with Crippen molar-refractivity contribution in [2.45, 2.75) is 19.1 Å². The van der Waals surface area contributed by atoms with Crippen molar-refractivity contribution in [3.63, 3.8) is 0 Å². The van der Waals surface area contributed by atoms with Gasteiger partial charge in [-0.15, -0.1) is 0 Å². The predicted molar refractivity (Wildman–Crippen MR) is 82.2 cm³/mol. The zero-order valence-electron chi connectivity index (χ0n) is 12.9. The highest BCUT2D eigenvalue weighted by atomic mass is 16.5. The van der Waals surface area contributed by atoms with E-state index in [-0.39, 0.29) is 11.5 Å². The van der Waals surface area contributed by atoms with Gasteiger partial charge < -0.3 is 20.5 Å². The van der Waals surface area contributed by atoms with Crippen molar-refractivity contribution in [2.24, 2.45) is 11.7 Å². The van der Waals surface area contributed by atoms with Crippen LogP contribution in [-0.2, 0) is 9.53 Å². The molecule has 3 amide bonds. The normalized spacial score (nSPS) is 25.8. The number of nitrogens with one attached hydrogen (secondary N) is 2. The molecule has 0 aromatic heterocycles. The van der Waals surface area contributed by atoms with Crippen LogP contribution in [0, 0.1) is 17.2 Å². The van der Waals surface area contributed by atoms with Crippen LogP contribution in [0.2, 0.25) is 0 Å². The Morgan fingerprint density at radius 1 is 1.33 bits per heavy atom. The Balaban J connectivity index is 2.03. The highest BCUT2D eigenvalue weighted by Gasteiger charge is 2.48. The highest BCUT2D eigenvalue weighted by Crippen LogP contribution is 2.40. The van der Waals surface area contributed by atoms with E-state index in [1.165, 1.54) is 0 Å². The van der Waals surface area contributed by atoms with Crippen molar-refractivity contribution < 1.29 is 19.1 Å². The van der Waals surface area contributed by atoms with Crippen LogP contribution >= 0.6 is 0 Å². The van der Waals surface area contributed by atoms with Gasteiger partial charge in [0.15, 0.2) is 6.23 Å². The molecule has 24 heavy (non-hydrogen) atoms. The van der Waals surface area contributed by atoms with Crippen molar-refractivity contribution in [3.8, 4) is 11.8 Å². The molecule has 8 nitrogen and oxygen atoms in total. The molecule has 3 rings (SSSR count). The number of allylic oxidation sites excluding steroid dienone is 1. The zero-order valence-corrected chi connectivity index (χ0v) is 12.9. The minimum absolute atomic E-state index is 0.0902. The molecule has 2 aliphatic heterocycles. The van der Waals surface area contributed by atoms with Gasteiger partial charge in [0, 0.05) is 5.92 Å². The van der Waals surface area contributed by atoms with E-state index in [1.54, 1.807) is 24.3 Å². The Bertz CT molecular complexity index is 750. The van der Waals surface area contributed by atoms with Crippen LogP contribution in [0.4, 0.5) is 4.79 Å². The van der Waals surface area contributed by atoms with Gasteiger partial charge in [0.05, 0.1) is 12.2 Å². The van der Waals surface area contributed by atoms with Crippen LogP contribution in [0.3, 0.4) is 0 Å². The molecule has 1 saturated heterocycles. The van der Waals surface area contributed by atoms with Gasteiger partial charge in [0.1, 0.15) is 17.7 Å². The van der Waals surface area contributed by atoms with E-state index in [2.05, 4.69) is 10.6 Å². The Labute approximate surface area is 138 Å². The van der Waals surface area contributed by atoms with Gasteiger partial charge in [-0.2, -0.15) is 5.26 Å². The minimum atomic E-state index is -0.917. The third-order valence-corrected chi connectivity index (χ3v) is 4.00. The third kappa shape index (κ3) is 2.60. The lowest BCUT2D eigenvalue weighted by molar-refractivity contribution is -0.132. The molecule has 4 N–H and O–H groups in total. The standard InChI is InChI=1S/C16H16N4O4/c1-2-23-9-5-3-8(4-6-9)11-10(7-17)13(18)24-15-12(11)14(21)19-16(22)20-15/h3-6,11-12,15H,2,18H2,1H3,(H2,19,20,21,22). The Hall–Kier alpha value is -3.21. The monoisotopic (exact) mass is 328 g/mol. The molecule has 3 unspecified atom stereocenters. The number of nitriles is 1. The lowest BCUT2D eigenvalue weighted by Gasteiger charge is -2.39. The molecule has 1 aromatic rings. The van der Waals surface area contributed by atoms with E-state index in [0.717, 1.165) is 0 Å². The summed E-state index contributed by atoms with van der Waals surface area (Å²) in [4.78, 5) is 23.8. The van der Waals surface area contributed by atoms with Crippen LogP contribution in [0.1, 0.15) is 18.4 Å². The quantitative estimate of drug-likeness (QED) is 0.749. The van der Waals surface area contributed by atoms with Crippen molar-refractivity contribution in [2.75, 3.05) is 6.61 Å². The number of hydrogen-bond acceptors (Lipinski definition) is 6. The second-order valence-electron chi connectivity index (χ2n) is 5.40. The van der Waals surface area contributed by atoms with Gasteiger partial charge in [0.2, 0.25) is 11.8 Å². The number of hydrogen-bond donors (Lipinski definition) is 3. The van der Waals surface area contributed by atoms with Gasteiger partial charge in [0.25, 0.3) is 0 Å². The number of fused-ring (bicyclic) bond motifs is 1. The number of urea groups is 1. The van der Waals surface area contributed by atoms with Crippen molar-refractivity contribution in [1.82, 2.24) is 10.6 Å². The zero-order chi connectivity index (χ0) is 17.3. The molecule has 8 heteroatoms. The van der Waals surface area contributed by atoms with E-state index >= 15 is 0 Å². The number of carbonyl (C=O) groups is 2. The largest absolute Gasteiger partial charge is 0.494 e. The molecular formula is C16H16N4O4. The molecule has 0 radical (unpaired) electrons. The van der Waals surface area contributed by atoms with E-state index in [4.69, 9.17) is 15.2 Å². The maximum absolute atomic E-state index is 12.3. The fraction of sp³-hybridized carbons (Fsp3) is 0.312. The van der Waals surface area contributed by atoms with Crippen LogP contribution in [0.5, 0.6) is 5.75 Å². The maximum atomic E-state index is 12.3. The van der Waals surface area contributed by atoms with Crippen molar-refractivity contribution in [1.29, 1.82) is 5.26 Å². The summed E-state index contributed by atoms with van der Waals surface area (Å²) >= 11 is 0. The number of nitrogens with zero attached hydrogens (tertiary/aromatic N) is 1. The molecule has 0 spiro atoms. The molecule has 1 fully saturated rings. The SMILES string of the molecule is CCOc1ccc(C2C(C#N)=C(N)OC3NC(=O)NC(=O)C32)cc1. The average Bonchev–Trinajstić information content (AvgIpc) is 2.54. The van der Waals surface area contributed by atoms with E-state index in [9.17, 15) is 14.9 Å². The van der Waals surface area contributed by atoms with Crippen LogP contribution < -0.4 is 21.1 Å². The smallest absolute Gasteiger partial charge is 0.324 e. The Kier molecular flexibility index (Phi) is 4.00. The van der Waals surface area contributed by atoms with Crippen LogP contribution in [-0.4, -0.2) is 24.8 Å². The van der Waals surface area contributed by atoms with Gasteiger partial charge in [-0.25, -0.2) is 4.79 Å². The highest BCUT2D eigenvalue weighted by molar-refractivity contribution is 5.99. The Morgan fingerprint density at radius 3 is 2.67 bits per heavy atom. The average molecular weight is 328 g/mol. The third-order valence-electron chi connectivity index (χ3n) is 4.00. The summed E-state index contributed by atoms with van der Waals surface area (Å²) in [5.41, 5.74) is 6.69. The van der Waals surface area contributed by atoms with E-state index in [1.807, 2.05) is 13.0 Å².